The van der Waals surface area contributed by atoms with E-state index in [9.17, 15) is 22.8 Å². The van der Waals surface area contributed by atoms with Crippen molar-refractivity contribution in [2.45, 2.75) is 43.0 Å². The number of amides is 1. The van der Waals surface area contributed by atoms with Crippen molar-refractivity contribution in [2.24, 2.45) is 5.92 Å². The Bertz CT molecular complexity index is 823. The zero-order valence-corrected chi connectivity index (χ0v) is 19.6. The molecule has 28 heavy (non-hydrogen) atoms. The first kappa shape index (κ1) is 24.6. The number of methoxy groups -OCH3 is 1. The molecule has 0 spiro atoms. The summed E-state index contributed by atoms with van der Waals surface area (Å²) in [6.45, 7) is 4.89. The lowest BCUT2D eigenvalue weighted by atomic mass is 9.98. The van der Waals surface area contributed by atoms with E-state index < -0.39 is 43.8 Å². The van der Waals surface area contributed by atoms with Crippen LogP contribution in [0.1, 0.15) is 25.8 Å². The standard InChI is InChI=1S/C18H24BrNO6S2/c1-6-14(18(23)27-5)15(17(22)26-4)20(16(21)12(3)19)28(24,25)13-9-7-11(2)8-10-13/h7-10,12,14-15H,6H2,1-5H3/t12?,14-,15+/m0/s1. The van der Waals surface area contributed by atoms with Gasteiger partial charge in [0.05, 0.1) is 22.8 Å². The normalized spacial score (nSPS) is 14.6. The highest BCUT2D eigenvalue weighted by atomic mass is 79.9. The smallest absolute Gasteiger partial charge is 0.330 e. The molecule has 0 aromatic heterocycles. The Morgan fingerprint density at radius 1 is 1.21 bits per heavy atom. The van der Waals surface area contributed by atoms with E-state index in [-0.39, 0.29) is 11.3 Å². The van der Waals surface area contributed by atoms with Gasteiger partial charge in [-0.05, 0) is 38.7 Å². The van der Waals surface area contributed by atoms with Gasteiger partial charge in [-0.2, -0.15) is 0 Å². The van der Waals surface area contributed by atoms with Gasteiger partial charge >= 0.3 is 5.97 Å². The van der Waals surface area contributed by atoms with Crippen molar-refractivity contribution in [1.29, 1.82) is 0 Å². The molecule has 0 aliphatic rings. The summed E-state index contributed by atoms with van der Waals surface area (Å²) >= 11 is 3.95. The van der Waals surface area contributed by atoms with E-state index in [2.05, 4.69) is 15.9 Å². The Kier molecular flexibility index (Phi) is 9.16. The molecule has 0 N–H and O–H groups in total. The highest BCUT2D eigenvalue weighted by molar-refractivity contribution is 9.10. The van der Waals surface area contributed by atoms with Gasteiger partial charge in [-0.15, -0.1) is 0 Å². The van der Waals surface area contributed by atoms with E-state index in [0.29, 0.717) is 4.31 Å². The number of halogens is 1. The van der Waals surface area contributed by atoms with Crippen molar-refractivity contribution < 1.29 is 27.5 Å². The van der Waals surface area contributed by atoms with Crippen LogP contribution in [0.2, 0.25) is 0 Å². The van der Waals surface area contributed by atoms with Gasteiger partial charge in [-0.1, -0.05) is 52.3 Å². The van der Waals surface area contributed by atoms with Crippen molar-refractivity contribution in [1.82, 2.24) is 4.31 Å². The van der Waals surface area contributed by atoms with Gasteiger partial charge in [-0.3, -0.25) is 9.59 Å². The van der Waals surface area contributed by atoms with E-state index in [1.807, 2.05) is 0 Å². The van der Waals surface area contributed by atoms with Gasteiger partial charge in [0, 0.05) is 0 Å². The van der Waals surface area contributed by atoms with E-state index in [1.54, 1.807) is 26.0 Å². The van der Waals surface area contributed by atoms with Crippen LogP contribution in [0, 0.1) is 12.8 Å². The topological polar surface area (TPSA) is 97.8 Å². The molecule has 1 aromatic carbocycles. The Labute approximate surface area is 178 Å². The minimum atomic E-state index is -4.42. The van der Waals surface area contributed by atoms with Crippen LogP contribution < -0.4 is 0 Å². The highest BCUT2D eigenvalue weighted by Crippen LogP contribution is 2.29. The third-order valence-electron chi connectivity index (χ3n) is 4.16. The van der Waals surface area contributed by atoms with E-state index in [0.717, 1.165) is 24.4 Å². The number of esters is 1. The highest BCUT2D eigenvalue weighted by Gasteiger charge is 2.47. The second-order valence-corrected chi connectivity index (χ2v) is 10.1. The number of sulfonamides is 1. The monoisotopic (exact) mass is 493 g/mol. The molecular weight excluding hydrogens is 470 g/mol. The summed E-state index contributed by atoms with van der Waals surface area (Å²) in [5.74, 6) is -2.87. The van der Waals surface area contributed by atoms with Crippen LogP contribution in [0.25, 0.3) is 0 Å². The summed E-state index contributed by atoms with van der Waals surface area (Å²) in [5, 5.41) is -0.406. The Morgan fingerprint density at radius 3 is 2.14 bits per heavy atom. The molecule has 10 heteroatoms. The maximum absolute atomic E-state index is 13.3. The number of hydrogen-bond acceptors (Lipinski definition) is 7. The molecule has 1 aromatic rings. The molecule has 3 atom stereocenters. The molecule has 0 bridgehead atoms. The molecular formula is C18H24BrNO6S2. The van der Waals surface area contributed by atoms with Gasteiger partial charge < -0.3 is 4.74 Å². The van der Waals surface area contributed by atoms with Crippen LogP contribution in [0.5, 0.6) is 0 Å². The fourth-order valence-corrected chi connectivity index (χ4v) is 5.21. The van der Waals surface area contributed by atoms with Crippen LogP contribution >= 0.6 is 27.7 Å². The number of alkyl halides is 1. The minimum Gasteiger partial charge on any atom is -0.467 e. The fraction of sp³-hybridized carbons (Fsp3) is 0.500. The number of ether oxygens (including phenoxy) is 1. The summed E-state index contributed by atoms with van der Waals surface area (Å²) < 4.78 is 32.0. The first-order valence-electron chi connectivity index (χ1n) is 8.47. The lowest BCUT2D eigenvalue weighted by molar-refractivity contribution is -0.152. The number of rotatable bonds is 8. The predicted molar refractivity (Wildman–Crippen MR) is 112 cm³/mol. The third kappa shape index (κ3) is 5.36. The minimum absolute atomic E-state index is 0.153. The van der Waals surface area contributed by atoms with Crippen LogP contribution in [0.15, 0.2) is 29.2 Å². The zero-order valence-electron chi connectivity index (χ0n) is 16.3. The van der Waals surface area contributed by atoms with Crippen molar-refractivity contribution in [3.63, 3.8) is 0 Å². The second-order valence-electron chi connectivity index (χ2n) is 6.07. The number of aryl methyl sites for hydroxylation is 1. The Balaban J connectivity index is 3.72. The van der Waals surface area contributed by atoms with Gasteiger partial charge in [0.2, 0.25) is 0 Å². The maximum Gasteiger partial charge on any atom is 0.330 e. The van der Waals surface area contributed by atoms with E-state index >= 15 is 0 Å². The number of benzene rings is 1. The molecule has 1 unspecified atom stereocenters. The molecule has 156 valence electrons. The largest absolute Gasteiger partial charge is 0.467 e. The van der Waals surface area contributed by atoms with Gasteiger partial charge in [0.25, 0.3) is 15.9 Å². The molecule has 1 amide bonds. The maximum atomic E-state index is 13.3. The average Bonchev–Trinajstić information content (AvgIpc) is 2.66. The number of thioether (sulfide) groups is 1. The SMILES string of the molecule is CC[C@H](C(=O)SC)[C@H](C(=O)OC)N(C(=O)C(C)Br)S(=O)(=O)c1ccc(C)cc1. The third-order valence-corrected chi connectivity index (χ3v) is 7.05. The van der Waals surface area contributed by atoms with Crippen LogP contribution in [-0.4, -0.2) is 53.9 Å². The summed E-state index contributed by atoms with van der Waals surface area (Å²) in [6, 6.07) is 4.29. The fourth-order valence-electron chi connectivity index (χ4n) is 2.62. The molecule has 1 rings (SSSR count). The summed E-state index contributed by atoms with van der Waals surface area (Å²) in [6.07, 6.45) is 1.69. The number of carbonyl (C=O) groups is 3. The molecule has 0 radical (unpaired) electrons. The van der Waals surface area contributed by atoms with E-state index in [1.165, 1.54) is 25.3 Å². The van der Waals surface area contributed by atoms with Gasteiger partial charge in [-0.25, -0.2) is 17.5 Å². The summed E-state index contributed by atoms with van der Waals surface area (Å²) in [7, 11) is -3.33. The van der Waals surface area contributed by atoms with Crippen LogP contribution in [0.4, 0.5) is 0 Å². The van der Waals surface area contributed by atoms with Crippen molar-refractivity contribution in [3.05, 3.63) is 29.8 Å². The van der Waals surface area contributed by atoms with Crippen LogP contribution in [-0.2, 0) is 29.1 Å². The zero-order chi connectivity index (χ0) is 21.6. The Morgan fingerprint density at radius 2 is 1.75 bits per heavy atom. The first-order valence-corrected chi connectivity index (χ1v) is 12.1. The second kappa shape index (κ2) is 10.4. The molecule has 0 aliphatic carbocycles. The molecule has 0 fully saturated rings. The summed E-state index contributed by atoms with van der Waals surface area (Å²) in [5.41, 5.74) is 0.833. The molecule has 0 aliphatic heterocycles. The van der Waals surface area contributed by atoms with E-state index in [4.69, 9.17) is 4.74 Å². The van der Waals surface area contributed by atoms with Crippen molar-refractivity contribution in [2.75, 3.05) is 13.4 Å². The number of carbonyl (C=O) groups excluding carboxylic acids is 3. The molecule has 0 heterocycles. The number of hydrogen-bond donors (Lipinski definition) is 0. The van der Waals surface area contributed by atoms with Crippen LogP contribution in [0.3, 0.4) is 0 Å². The molecule has 7 nitrogen and oxygen atoms in total. The molecule has 0 saturated heterocycles. The summed E-state index contributed by atoms with van der Waals surface area (Å²) in [4.78, 5) is 36.8. The molecule has 0 saturated carbocycles. The lowest BCUT2D eigenvalue weighted by Crippen LogP contribution is -2.55. The first-order chi connectivity index (χ1) is 13.0. The van der Waals surface area contributed by atoms with Gasteiger partial charge in [0.15, 0.2) is 11.2 Å². The Hall–Kier alpha value is -1.39. The predicted octanol–water partition coefficient (Wildman–Crippen LogP) is 2.75. The lowest BCUT2D eigenvalue weighted by Gasteiger charge is -2.33. The van der Waals surface area contributed by atoms with Crippen molar-refractivity contribution >= 4 is 54.7 Å². The number of nitrogens with zero attached hydrogens (tertiary/aromatic N) is 1. The van der Waals surface area contributed by atoms with Gasteiger partial charge in [0.1, 0.15) is 0 Å². The quantitative estimate of drug-likeness (QED) is 0.405. The van der Waals surface area contributed by atoms with Crippen molar-refractivity contribution in [3.8, 4) is 0 Å². The average molecular weight is 494 g/mol.